The van der Waals surface area contributed by atoms with Crippen molar-refractivity contribution in [3.8, 4) is 22.9 Å². The van der Waals surface area contributed by atoms with Gasteiger partial charge in [-0.15, -0.1) is 0 Å². The van der Waals surface area contributed by atoms with Crippen molar-refractivity contribution in [1.29, 1.82) is 0 Å². The van der Waals surface area contributed by atoms with E-state index < -0.39 is 0 Å². The van der Waals surface area contributed by atoms with Crippen LogP contribution in [0.15, 0.2) is 49.3 Å². The second-order valence-electron chi connectivity index (χ2n) is 10.1. The fourth-order valence-corrected chi connectivity index (χ4v) is 4.96. The van der Waals surface area contributed by atoms with E-state index in [1.165, 1.54) is 7.11 Å². The van der Waals surface area contributed by atoms with Crippen molar-refractivity contribution in [3.05, 3.63) is 54.9 Å². The summed E-state index contributed by atoms with van der Waals surface area (Å²) in [7, 11) is 3.00. The van der Waals surface area contributed by atoms with Crippen LogP contribution in [0.25, 0.3) is 11.4 Å². The van der Waals surface area contributed by atoms with Crippen LogP contribution in [-0.2, 0) is 27.4 Å². The number of benzene rings is 1. The second-order valence-corrected chi connectivity index (χ2v) is 10.1. The number of nitrogens with zero attached hydrogens (tertiary/aromatic N) is 6. The molecule has 3 heterocycles. The number of carbonyl (C=O) groups excluding carboxylic acids is 2. The van der Waals surface area contributed by atoms with Crippen LogP contribution in [0.5, 0.6) is 11.5 Å². The molecule has 41 heavy (non-hydrogen) atoms. The number of hydrogen-bond donors (Lipinski definition) is 0. The Hall–Kier alpha value is -3.99. The number of fused-ring (bicyclic) bond motifs is 4. The first-order valence-corrected chi connectivity index (χ1v) is 14.2. The Morgan fingerprint density at radius 3 is 2.59 bits per heavy atom. The van der Waals surface area contributed by atoms with Gasteiger partial charge < -0.3 is 23.7 Å². The predicted octanol–water partition coefficient (Wildman–Crippen LogP) is 3.59. The minimum Gasteiger partial charge on any atom is -0.493 e. The molecular formula is C30H40N6O5. The summed E-state index contributed by atoms with van der Waals surface area (Å²) in [5, 5.41) is 0. The fraction of sp³-hybridized carbons (Fsp3) is 0.500. The number of amides is 1. The lowest BCUT2D eigenvalue weighted by molar-refractivity contribution is -0.140. The lowest BCUT2D eigenvalue weighted by Gasteiger charge is -2.25. The average Bonchev–Trinajstić information content (AvgIpc) is 3.47. The van der Waals surface area contributed by atoms with E-state index in [1.54, 1.807) is 19.6 Å². The van der Waals surface area contributed by atoms with Gasteiger partial charge in [0.1, 0.15) is 12.2 Å². The summed E-state index contributed by atoms with van der Waals surface area (Å²) in [6, 6.07) is 5.83. The van der Waals surface area contributed by atoms with Gasteiger partial charge >= 0.3 is 5.97 Å². The lowest BCUT2D eigenvalue weighted by Crippen LogP contribution is -2.35. The van der Waals surface area contributed by atoms with Crippen LogP contribution in [-0.4, -0.2) is 88.2 Å². The quantitative estimate of drug-likeness (QED) is 0.398. The van der Waals surface area contributed by atoms with E-state index in [0.717, 1.165) is 55.8 Å². The Labute approximate surface area is 241 Å². The standard InChI is InChI=1S/C30H40N6O5/c1-39-26-10-9-25-19-27(26)41-18-6-13-34(22-24-20-31-23-32-21-24)12-3-4-14-35(16-17-36-15-11-33-30(25)36)28(37)7-5-8-29(38)40-2/h9-11,15,19-21,23H,3-8,12-14,16-18,22H2,1-2H3. The van der Waals surface area contributed by atoms with Crippen LogP contribution in [0, 0.1) is 0 Å². The molecule has 4 rings (SSSR count). The number of aromatic nitrogens is 4. The SMILES string of the molecule is COC(=O)CCCC(=O)N1CCCCN(Cc2cncnc2)CCCOc2cc(ccc2OC)-c2nccn2CC1. The third kappa shape index (κ3) is 9.01. The highest BCUT2D eigenvalue weighted by atomic mass is 16.5. The normalized spacial score (nSPS) is 15.3. The maximum absolute atomic E-state index is 13.2. The van der Waals surface area contributed by atoms with E-state index in [0.29, 0.717) is 50.6 Å². The summed E-state index contributed by atoms with van der Waals surface area (Å²) in [6.45, 7) is 4.81. The van der Waals surface area contributed by atoms with Gasteiger partial charge in [0.15, 0.2) is 11.5 Å². The molecule has 11 heteroatoms. The molecule has 1 aliphatic heterocycles. The first kappa shape index (κ1) is 30.0. The first-order chi connectivity index (χ1) is 20.1. The number of ether oxygens (including phenoxy) is 3. The third-order valence-electron chi connectivity index (χ3n) is 7.15. The molecular weight excluding hydrogens is 524 g/mol. The maximum atomic E-state index is 13.2. The van der Waals surface area contributed by atoms with Crippen molar-refractivity contribution < 1.29 is 23.8 Å². The van der Waals surface area contributed by atoms with E-state index in [4.69, 9.17) is 14.2 Å². The Bertz CT molecular complexity index is 1250. The van der Waals surface area contributed by atoms with Gasteiger partial charge in [-0.1, -0.05) is 0 Å². The van der Waals surface area contributed by atoms with Gasteiger partial charge in [-0.3, -0.25) is 14.5 Å². The highest BCUT2D eigenvalue weighted by Gasteiger charge is 2.17. The molecule has 1 aromatic carbocycles. The van der Waals surface area contributed by atoms with Crippen molar-refractivity contribution >= 4 is 11.9 Å². The molecule has 2 aromatic heterocycles. The van der Waals surface area contributed by atoms with E-state index in [-0.39, 0.29) is 18.3 Å². The molecule has 1 aliphatic rings. The molecule has 2 bridgehead atoms. The third-order valence-corrected chi connectivity index (χ3v) is 7.15. The predicted molar refractivity (Wildman–Crippen MR) is 153 cm³/mol. The molecule has 0 fully saturated rings. The summed E-state index contributed by atoms with van der Waals surface area (Å²) < 4.78 is 18.5. The van der Waals surface area contributed by atoms with Crippen molar-refractivity contribution in [2.24, 2.45) is 0 Å². The molecule has 1 amide bonds. The monoisotopic (exact) mass is 564 g/mol. The summed E-state index contributed by atoms with van der Waals surface area (Å²) >= 11 is 0. The highest BCUT2D eigenvalue weighted by molar-refractivity contribution is 5.77. The Kier molecular flexibility index (Phi) is 11.5. The Morgan fingerprint density at radius 1 is 0.976 bits per heavy atom. The summed E-state index contributed by atoms with van der Waals surface area (Å²) in [5.41, 5.74) is 1.97. The van der Waals surface area contributed by atoms with Crippen molar-refractivity contribution in [3.63, 3.8) is 0 Å². The molecule has 0 atom stereocenters. The van der Waals surface area contributed by atoms with Gasteiger partial charge in [-0.2, -0.15) is 0 Å². The zero-order valence-corrected chi connectivity index (χ0v) is 24.0. The van der Waals surface area contributed by atoms with E-state index >= 15 is 0 Å². The fourth-order valence-electron chi connectivity index (χ4n) is 4.96. The number of imidazole rings is 1. The maximum Gasteiger partial charge on any atom is 0.305 e. The van der Waals surface area contributed by atoms with E-state index in [9.17, 15) is 9.59 Å². The van der Waals surface area contributed by atoms with Gasteiger partial charge in [-0.25, -0.2) is 15.0 Å². The Morgan fingerprint density at radius 2 is 1.78 bits per heavy atom. The molecule has 3 aromatic rings. The van der Waals surface area contributed by atoms with Crippen molar-refractivity contribution in [2.45, 2.75) is 51.6 Å². The van der Waals surface area contributed by atoms with Crippen molar-refractivity contribution in [2.75, 3.05) is 47.0 Å². The molecule has 0 saturated carbocycles. The number of carbonyl (C=O) groups is 2. The highest BCUT2D eigenvalue weighted by Crippen LogP contribution is 2.32. The zero-order chi connectivity index (χ0) is 28.9. The molecule has 0 aliphatic carbocycles. The first-order valence-electron chi connectivity index (χ1n) is 14.2. The topological polar surface area (TPSA) is 112 Å². The zero-order valence-electron chi connectivity index (χ0n) is 24.0. The van der Waals surface area contributed by atoms with Crippen LogP contribution in [0.2, 0.25) is 0 Å². The van der Waals surface area contributed by atoms with E-state index in [2.05, 4.69) is 24.4 Å². The Balaban J connectivity index is 1.52. The lowest BCUT2D eigenvalue weighted by atomic mass is 10.2. The number of esters is 1. The van der Waals surface area contributed by atoms with Crippen LogP contribution >= 0.6 is 0 Å². The average molecular weight is 565 g/mol. The molecule has 0 radical (unpaired) electrons. The number of rotatable bonds is 7. The molecule has 0 N–H and O–H groups in total. The molecule has 220 valence electrons. The minimum absolute atomic E-state index is 0.0481. The summed E-state index contributed by atoms with van der Waals surface area (Å²) in [6.07, 6.45) is 12.6. The molecule has 11 nitrogen and oxygen atoms in total. The number of hydrogen-bond acceptors (Lipinski definition) is 9. The van der Waals surface area contributed by atoms with Gasteiger partial charge in [0.25, 0.3) is 0 Å². The largest absolute Gasteiger partial charge is 0.493 e. The van der Waals surface area contributed by atoms with Gasteiger partial charge in [0, 0.05) is 81.5 Å². The van der Waals surface area contributed by atoms with Gasteiger partial charge in [0.2, 0.25) is 5.91 Å². The van der Waals surface area contributed by atoms with Crippen LogP contribution < -0.4 is 9.47 Å². The number of methoxy groups -OCH3 is 2. The summed E-state index contributed by atoms with van der Waals surface area (Å²) in [5.74, 6) is 1.90. The molecule has 0 saturated heterocycles. The van der Waals surface area contributed by atoms with Crippen LogP contribution in [0.4, 0.5) is 0 Å². The molecule has 0 unspecified atom stereocenters. The van der Waals surface area contributed by atoms with Gasteiger partial charge in [0.05, 0.1) is 20.8 Å². The van der Waals surface area contributed by atoms with Gasteiger partial charge in [-0.05, 0) is 50.4 Å². The smallest absolute Gasteiger partial charge is 0.305 e. The molecule has 0 spiro atoms. The van der Waals surface area contributed by atoms with Crippen molar-refractivity contribution in [1.82, 2.24) is 29.3 Å². The summed E-state index contributed by atoms with van der Waals surface area (Å²) in [4.78, 5) is 42.0. The van der Waals surface area contributed by atoms with Crippen LogP contribution in [0.1, 0.15) is 44.1 Å². The second kappa shape index (κ2) is 15.7. The minimum atomic E-state index is -0.295. The van der Waals surface area contributed by atoms with Crippen LogP contribution in [0.3, 0.4) is 0 Å². The van der Waals surface area contributed by atoms with E-state index in [1.807, 2.05) is 41.7 Å².